The first kappa shape index (κ1) is 13.7. The van der Waals surface area contributed by atoms with Crippen LogP contribution in [-0.4, -0.2) is 26.8 Å². The normalized spacial score (nSPS) is 12.7. The molecule has 0 aliphatic rings. The predicted octanol–water partition coefficient (Wildman–Crippen LogP) is 2.86. The second-order valence-electron chi connectivity index (χ2n) is 3.92. The van der Waals surface area contributed by atoms with Crippen LogP contribution in [0.5, 0.6) is 0 Å². The number of ether oxygens (including phenoxy) is 1. The van der Waals surface area contributed by atoms with Gasteiger partial charge in [-0.1, -0.05) is 41.1 Å². The van der Waals surface area contributed by atoms with Gasteiger partial charge in [0.25, 0.3) is 0 Å². The Morgan fingerprint density at radius 1 is 1.38 bits per heavy atom. The van der Waals surface area contributed by atoms with E-state index in [4.69, 9.17) is 4.74 Å². The van der Waals surface area contributed by atoms with Crippen molar-refractivity contribution in [2.75, 3.05) is 26.8 Å². The summed E-state index contributed by atoms with van der Waals surface area (Å²) >= 11 is 3.58. The summed E-state index contributed by atoms with van der Waals surface area (Å²) in [6, 6.07) is 8.38. The molecule has 1 N–H and O–H groups in total. The predicted molar refractivity (Wildman–Crippen MR) is 71.8 cm³/mol. The zero-order chi connectivity index (χ0) is 11.8. The number of methoxy groups -OCH3 is 1. The molecule has 0 amide bonds. The molecule has 1 rings (SSSR count). The van der Waals surface area contributed by atoms with Crippen molar-refractivity contribution in [2.24, 2.45) is 5.92 Å². The Morgan fingerprint density at radius 3 is 2.75 bits per heavy atom. The second kappa shape index (κ2) is 7.82. The maximum absolute atomic E-state index is 5.26. The van der Waals surface area contributed by atoms with Crippen LogP contribution in [0.4, 0.5) is 0 Å². The van der Waals surface area contributed by atoms with Crippen LogP contribution in [0.15, 0.2) is 28.7 Å². The molecule has 2 nitrogen and oxygen atoms in total. The van der Waals surface area contributed by atoms with Gasteiger partial charge >= 0.3 is 0 Å². The molecule has 0 saturated heterocycles. The molecule has 0 aromatic heterocycles. The third-order valence-corrected chi connectivity index (χ3v) is 3.33. The highest BCUT2D eigenvalue weighted by Gasteiger charge is 2.10. The minimum absolute atomic E-state index is 0.531. The summed E-state index contributed by atoms with van der Waals surface area (Å²) in [4.78, 5) is 0. The summed E-state index contributed by atoms with van der Waals surface area (Å²) in [5.74, 6) is 0.531. The van der Waals surface area contributed by atoms with Crippen molar-refractivity contribution in [3.8, 4) is 0 Å². The van der Waals surface area contributed by atoms with Crippen molar-refractivity contribution >= 4 is 15.9 Å². The number of nitrogens with one attached hydrogen (secondary N) is 1. The maximum Gasteiger partial charge on any atom is 0.0505 e. The van der Waals surface area contributed by atoms with Crippen molar-refractivity contribution in [1.82, 2.24) is 5.32 Å². The van der Waals surface area contributed by atoms with E-state index in [2.05, 4.69) is 46.4 Å². The summed E-state index contributed by atoms with van der Waals surface area (Å²) < 4.78 is 6.45. The molecule has 1 aromatic rings. The molecule has 0 spiro atoms. The van der Waals surface area contributed by atoms with Gasteiger partial charge in [0.2, 0.25) is 0 Å². The maximum atomic E-state index is 5.26. The Hall–Kier alpha value is -0.380. The highest BCUT2D eigenvalue weighted by Crippen LogP contribution is 2.19. The molecular weight excluding hydrogens is 266 g/mol. The molecule has 90 valence electrons. The lowest BCUT2D eigenvalue weighted by Crippen LogP contribution is -2.27. The van der Waals surface area contributed by atoms with E-state index in [1.165, 1.54) is 10.0 Å². The molecule has 0 fully saturated rings. The van der Waals surface area contributed by atoms with E-state index in [0.717, 1.165) is 26.1 Å². The monoisotopic (exact) mass is 285 g/mol. The van der Waals surface area contributed by atoms with Gasteiger partial charge < -0.3 is 10.1 Å². The first-order valence-corrected chi connectivity index (χ1v) is 6.50. The van der Waals surface area contributed by atoms with E-state index in [-0.39, 0.29) is 0 Å². The van der Waals surface area contributed by atoms with Gasteiger partial charge in [-0.3, -0.25) is 0 Å². The lowest BCUT2D eigenvalue weighted by Gasteiger charge is -2.17. The van der Waals surface area contributed by atoms with E-state index in [1.54, 1.807) is 7.11 Å². The quantitative estimate of drug-likeness (QED) is 0.832. The molecule has 16 heavy (non-hydrogen) atoms. The van der Waals surface area contributed by atoms with Crippen molar-refractivity contribution < 1.29 is 4.74 Å². The zero-order valence-corrected chi connectivity index (χ0v) is 11.6. The van der Waals surface area contributed by atoms with Gasteiger partial charge in [0.15, 0.2) is 0 Å². The van der Waals surface area contributed by atoms with E-state index in [1.807, 2.05) is 6.07 Å². The number of hydrogen-bond acceptors (Lipinski definition) is 2. The van der Waals surface area contributed by atoms with Crippen LogP contribution in [0.1, 0.15) is 12.5 Å². The molecule has 1 atom stereocenters. The summed E-state index contributed by atoms with van der Waals surface area (Å²) in [5, 5.41) is 3.38. The van der Waals surface area contributed by atoms with Gasteiger partial charge in [-0.2, -0.15) is 0 Å². The zero-order valence-electron chi connectivity index (χ0n) is 10.0. The average Bonchev–Trinajstić information content (AvgIpc) is 2.29. The van der Waals surface area contributed by atoms with Crippen molar-refractivity contribution in [1.29, 1.82) is 0 Å². The van der Waals surface area contributed by atoms with Gasteiger partial charge in [0.1, 0.15) is 0 Å². The van der Waals surface area contributed by atoms with Crippen LogP contribution in [0.3, 0.4) is 0 Å². The molecule has 0 saturated carbocycles. The van der Waals surface area contributed by atoms with E-state index >= 15 is 0 Å². The third kappa shape index (κ3) is 4.64. The molecule has 1 unspecified atom stereocenters. The number of hydrogen-bond donors (Lipinski definition) is 1. The molecule has 3 heteroatoms. The topological polar surface area (TPSA) is 21.3 Å². The summed E-state index contributed by atoms with van der Waals surface area (Å²) in [6.45, 7) is 4.94. The van der Waals surface area contributed by atoms with Crippen LogP contribution < -0.4 is 5.32 Å². The van der Waals surface area contributed by atoms with Gasteiger partial charge in [0, 0.05) is 18.1 Å². The smallest absolute Gasteiger partial charge is 0.0505 e. The van der Waals surface area contributed by atoms with Crippen LogP contribution in [-0.2, 0) is 11.2 Å². The van der Waals surface area contributed by atoms with Crippen LogP contribution >= 0.6 is 15.9 Å². The van der Waals surface area contributed by atoms with Gasteiger partial charge in [-0.05, 0) is 30.5 Å². The van der Waals surface area contributed by atoms with Crippen molar-refractivity contribution in [2.45, 2.75) is 13.3 Å². The fraction of sp³-hybridized carbons (Fsp3) is 0.538. The van der Waals surface area contributed by atoms with Gasteiger partial charge in [-0.15, -0.1) is 0 Å². The fourth-order valence-corrected chi connectivity index (χ4v) is 2.20. The van der Waals surface area contributed by atoms with Crippen LogP contribution in [0, 0.1) is 5.92 Å². The first-order chi connectivity index (χ1) is 7.77. The number of halogens is 1. The summed E-state index contributed by atoms with van der Waals surface area (Å²) in [5.41, 5.74) is 1.35. The first-order valence-electron chi connectivity index (χ1n) is 5.71. The SMILES string of the molecule is CCNCC(COC)Cc1ccccc1Br. The highest BCUT2D eigenvalue weighted by atomic mass is 79.9. The Balaban J connectivity index is 2.56. The minimum atomic E-state index is 0.531. The van der Waals surface area contributed by atoms with E-state index < -0.39 is 0 Å². The van der Waals surface area contributed by atoms with Gasteiger partial charge in [-0.25, -0.2) is 0 Å². The molecule has 0 heterocycles. The Kier molecular flexibility index (Phi) is 6.69. The standard InChI is InChI=1S/C13H20BrNO/c1-3-15-9-11(10-16-2)8-12-6-4-5-7-13(12)14/h4-7,11,15H,3,8-10H2,1-2H3. The molecular formula is C13H20BrNO. The van der Waals surface area contributed by atoms with Gasteiger partial charge in [0.05, 0.1) is 6.61 Å². The summed E-state index contributed by atoms with van der Waals surface area (Å²) in [6.07, 6.45) is 1.04. The van der Waals surface area contributed by atoms with E-state index in [9.17, 15) is 0 Å². The molecule has 0 aliphatic carbocycles. The summed E-state index contributed by atoms with van der Waals surface area (Å²) in [7, 11) is 1.76. The lowest BCUT2D eigenvalue weighted by molar-refractivity contribution is 0.151. The fourth-order valence-electron chi connectivity index (χ4n) is 1.75. The molecule has 0 radical (unpaired) electrons. The van der Waals surface area contributed by atoms with Crippen LogP contribution in [0.2, 0.25) is 0 Å². The Labute approximate surface area is 107 Å². The third-order valence-electron chi connectivity index (χ3n) is 2.55. The average molecular weight is 286 g/mol. The second-order valence-corrected chi connectivity index (χ2v) is 4.78. The Morgan fingerprint density at radius 2 is 2.12 bits per heavy atom. The number of benzene rings is 1. The largest absolute Gasteiger partial charge is 0.384 e. The minimum Gasteiger partial charge on any atom is -0.384 e. The Bertz CT molecular complexity index is 304. The van der Waals surface area contributed by atoms with Crippen LogP contribution in [0.25, 0.3) is 0 Å². The lowest BCUT2D eigenvalue weighted by atomic mass is 10.00. The molecule has 0 bridgehead atoms. The van der Waals surface area contributed by atoms with Crippen molar-refractivity contribution in [3.63, 3.8) is 0 Å². The van der Waals surface area contributed by atoms with Crippen molar-refractivity contribution in [3.05, 3.63) is 34.3 Å². The highest BCUT2D eigenvalue weighted by molar-refractivity contribution is 9.10. The number of rotatable bonds is 7. The molecule has 0 aliphatic heterocycles. The molecule has 1 aromatic carbocycles. The van der Waals surface area contributed by atoms with E-state index in [0.29, 0.717) is 5.92 Å².